The number of carboxylic acid groups (broad SMARTS) is 1. The molecule has 1 aliphatic heterocycles. The predicted molar refractivity (Wildman–Crippen MR) is 120 cm³/mol. The van der Waals surface area contributed by atoms with Gasteiger partial charge in [0, 0.05) is 44.3 Å². The molecule has 0 bridgehead atoms. The van der Waals surface area contributed by atoms with Crippen LogP contribution in [0, 0.1) is 5.92 Å². The molecule has 1 atom stereocenters. The van der Waals surface area contributed by atoms with Crippen molar-refractivity contribution in [3.8, 4) is 11.5 Å². The number of nitrogens with zero attached hydrogens (tertiary/aromatic N) is 6. The summed E-state index contributed by atoms with van der Waals surface area (Å²) in [4.78, 5) is 45.6. The van der Waals surface area contributed by atoms with Crippen molar-refractivity contribution < 1.29 is 42.2 Å². The minimum atomic E-state index is -4.80. The van der Waals surface area contributed by atoms with Crippen molar-refractivity contribution in [3.63, 3.8) is 0 Å². The summed E-state index contributed by atoms with van der Waals surface area (Å²) in [6.45, 7) is -1.71. The third-order valence-corrected chi connectivity index (χ3v) is 5.35. The van der Waals surface area contributed by atoms with Crippen LogP contribution in [0.4, 0.5) is 35.3 Å². The maximum atomic E-state index is 12.8. The third-order valence-electron chi connectivity index (χ3n) is 5.35. The van der Waals surface area contributed by atoms with E-state index in [1.165, 1.54) is 21.8 Å². The highest BCUT2D eigenvalue weighted by atomic mass is 19.4. The molecule has 0 spiro atoms. The molecule has 0 radical (unpaired) electrons. The van der Waals surface area contributed by atoms with E-state index in [1.54, 1.807) is 7.05 Å². The molecule has 37 heavy (non-hydrogen) atoms. The first-order chi connectivity index (χ1) is 17.4. The Labute approximate surface area is 206 Å². The summed E-state index contributed by atoms with van der Waals surface area (Å²) >= 11 is 0. The van der Waals surface area contributed by atoms with E-state index in [2.05, 4.69) is 20.4 Å². The molecule has 0 aliphatic carbocycles. The summed E-state index contributed by atoms with van der Waals surface area (Å²) in [5.41, 5.74) is 0.0891. The van der Waals surface area contributed by atoms with E-state index >= 15 is 0 Å². The zero-order valence-electron chi connectivity index (χ0n) is 19.1. The topological polar surface area (TPSA) is 167 Å². The lowest BCUT2D eigenvalue weighted by atomic mass is 10.1. The second-order valence-electron chi connectivity index (χ2n) is 8.18. The highest BCUT2D eigenvalue weighted by molar-refractivity contribution is 6.06. The minimum absolute atomic E-state index is 0.0188. The molecule has 16 heteroatoms. The van der Waals surface area contributed by atoms with Gasteiger partial charge in [-0.05, 0) is 12.1 Å². The first-order valence-corrected chi connectivity index (χ1v) is 10.7. The van der Waals surface area contributed by atoms with E-state index in [4.69, 9.17) is 9.52 Å². The number of carbonyl (C=O) groups excluding carboxylic acids is 2. The van der Waals surface area contributed by atoms with Crippen molar-refractivity contribution in [2.45, 2.75) is 12.6 Å². The minimum Gasteiger partial charge on any atom is -0.465 e. The Morgan fingerprint density at radius 3 is 2.76 bits per heavy atom. The molecule has 13 nitrogen and oxygen atoms in total. The number of amides is 3. The second-order valence-corrected chi connectivity index (χ2v) is 8.18. The Kier molecular flexibility index (Phi) is 6.84. The van der Waals surface area contributed by atoms with Crippen LogP contribution < -0.4 is 15.1 Å². The fourth-order valence-electron chi connectivity index (χ4n) is 3.69. The Bertz CT molecular complexity index is 1340. The Hall–Kier alpha value is -4.47. The standard InChI is InChI=1S/C21H20F3N7O6/c1-29-7-13(17(28-29)30-6-11(8-32)4-16(30)33)26-18(34)14-9-37-19(27-14)12-2-3-25-15(5-12)31(20(35)36)10-21(22,23)24/h2-3,5,7,9,11,32H,4,6,8,10H2,1H3,(H,26,34)(H,35,36). The van der Waals surface area contributed by atoms with E-state index < -0.39 is 30.5 Å². The molecule has 1 fully saturated rings. The molecule has 4 rings (SSSR count). The number of anilines is 3. The number of carbonyl (C=O) groups is 3. The number of halogens is 3. The number of aryl methyl sites for hydroxylation is 1. The Morgan fingerprint density at radius 1 is 1.35 bits per heavy atom. The fraction of sp³-hybridized carbons (Fsp3) is 0.333. The molecule has 1 aliphatic rings. The van der Waals surface area contributed by atoms with Crippen molar-refractivity contribution in [1.82, 2.24) is 19.7 Å². The normalized spacial score (nSPS) is 15.8. The van der Waals surface area contributed by atoms with Gasteiger partial charge in [0.15, 0.2) is 11.5 Å². The second kappa shape index (κ2) is 9.88. The average molecular weight is 523 g/mol. The van der Waals surface area contributed by atoms with Crippen molar-refractivity contribution >= 4 is 35.2 Å². The van der Waals surface area contributed by atoms with E-state index in [1.807, 2.05) is 0 Å². The van der Waals surface area contributed by atoms with Gasteiger partial charge in [-0.2, -0.15) is 18.3 Å². The van der Waals surface area contributed by atoms with E-state index in [-0.39, 0.29) is 65.0 Å². The van der Waals surface area contributed by atoms with Gasteiger partial charge in [-0.1, -0.05) is 0 Å². The Balaban J connectivity index is 1.54. The number of alkyl halides is 3. The van der Waals surface area contributed by atoms with E-state index in [0.717, 1.165) is 18.5 Å². The SMILES string of the molecule is Cn1cc(NC(=O)c2coc(-c3ccnc(N(CC(F)(F)F)C(=O)O)c3)n2)c(N2CC(CO)CC2=O)n1. The summed E-state index contributed by atoms with van der Waals surface area (Å²) in [5, 5.41) is 25.3. The highest BCUT2D eigenvalue weighted by Crippen LogP contribution is 2.31. The van der Waals surface area contributed by atoms with Crippen LogP contribution in [-0.4, -0.2) is 73.7 Å². The molecule has 3 aromatic heterocycles. The van der Waals surface area contributed by atoms with Gasteiger partial charge in [0.2, 0.25) is 11.8 Å². The van der Waals surface area contributed by atoms with Crippen LogP contribution in [0.15, 0.2) is 35.2 Å². The molecular weight excluding hydrogens is 503 g/mol. The zero-order chi connectivity index (χ0) is 26.9. The summed E-state index contributed by atoms with van der Waals surface area (Å²) in [6, 6.07) is 2.35. The van der Waals surface area contributed by atoms with Crippen molar-refractivity contribution in [2.24, 2.45) is 13.0 Å². The van der Waals surface area contributed by atoms with Crippen molar-refractivity contribution in [1.29, 1.82) is 0 Å². The van der Waals surface area contributed by atoms with Crippen LogP contribution in [-0.2, 0) is 11.8 Å². The Morgan fingerprint density at radius 2 is 2.11 bits per heavy atom. The molecular formula is C21H20F3N7O6. The van der Waals surface area contributed by atoms with Gasteiger partial charge < -0.3 is 19.9 Å². The van der Waals surface area contributed by atoms with Crippen LogP contribution in [0.5, 0.6) is 0 Å². The predicted octanol–water partition coefficient (Wildman–Crippen LogP) is 2.11. The smallest absolute Gasteiger partial charge is 0.413 e. The molecule has 3 aromatic rings. The van der Waals surface area contributed by atoms with Gasteiger partial charge in [-0.15, -0.1) is 0 Å². The number of oxazole rings is 1. The lowest BCUT2D eigenvalue weighted by Gasteiger charge is -2.19. The maximum absolute atomic E-state index is 12.8. The molecule has 196 valence electrons. The number of aliphatic hydroxyl groups excluding tert-OH is 1. The van der Waals surface area contributed by atoms with Crippen LogP contribution in [0.25, 0.3) is 11.5 Å². The first-order valence-electron chi connectivity index (χ1n) is 10.7. The number of rotatable bonds is 7. The average Bonchev–Trinajstić information content (AvgIpc) is 3.55. The lowest BCUT2D eigenvalue weighted by molar-refractivity contribution is -0.119. The van der Waals surface area contributed by atoms with Gasteiger partial charge in [0.1, 0.15) is 24.3 Å². The molecule has 0 aromatic carbocycles. The molecule has 3 N–H and O–H groups in total. The zero-order valence-corrected chi connectivity index (χ0v) is 19.1. The van der Waals surface area contributed by atoms with Gasteiger partial charge in [0.25, 0.3) is 5.91 Å². The summed E-state index contributed by atoms with van der Waals surface area (Å²) < 4.78 is 45.0. The molecule has 1 saturated heterocycles. The number of nitrogens with one attached hydrogen (secondary N) is 1. The van der Waals surface area contributed by atoms with Crippen molar-refractivity contribution in [3.05, 3.63) is 36.5 Å². The number of aliphatic hydroxyl groups is 1. The molecule has 3 amide bonds. The van der Waals surface area contributed by atoms with Crippen molar-refractivity contribution in [2.75, 3.05) is 34.8 Å². The van der Waals surface area contributed by atoms with Crippen LogP contribution in [0.1, 0.15) is 16.9 Å². The highest BCUT2D eigenvalue weighted by Gasteiger charge is 2.35. The fourth-order valence-corrected chi connectivity index (χ4v) is 3.69. The lowest BCUT2D eigenvalue weighted by Crippen LogP contribution is -2.38. The van der Waals surface area contributed by atoms with Gasteiger partial charge in [0.05, 0.1) is 6.20 Å². The van der Waals surface area contributed by atoms with Gasteiger partial charge >= 0.3 is 12.3 Å². The first kappa shape index (κ1) is 25.6. The molecule has 1 unspecified atom stereocenters. The number of hydrogen-bond acceptors (Lipinski definition) is 8. The number of pyridine rings is 1. The number of hydrogen-bond donors (Lipinski definition) is 3. The molecule has 0 saturated carbocycles. The monoisotopic (exact) mass is 523 g/mol. The quantitative estimate of drug-likeness (QED) is 0.420. The third kappa shape index (κ3) is 5.69. The molecule has 4 heterocycles. The summed E-state index contributed by atoms with van der Waals surface area (Å²) in [5.74, 6) is -1.73. The van der Waals surface area contributed by atoms with E-state index in [0.29, 0.717) is 0 Å². The maximum Gasteiger partial charge on any atom is 0.413 e. The summed E-state index contributed by atoms with van der Waals surface area (Å²) in [7, 11) is 1.59. The summed E-state index contributed by atoms with van der Waals surface area (Å²) in [6.07, 6.45) is -2.95. The van der Waals surface area contributed by atoms with Gasteiger partial charge in [-0.25, -0.2) is 14.8 Å². The van der Waals surface area contributed by atoms with Crippen LogP contribution in [0.2, 0.25) is 0 Å². The van der Waals surface area contributed by atoms with E-state index in [9.17, 15) is 32.7 Å². The largest absolute Gasteiger partial charge is 0.465 e. The van der Waals surface area contributed by atoms with Gasteiger partial charge in [-0.3, -0.25) is 24.1 Å². The van der Waals surface area contributed by atoms with Crippen LogP contribution in [0.3, 0.4) is 0 Å². The number of aromatic nitrogens is 4. The van der Waals surface area contributed by atoms with Crippen LogP contribution >= 0.6 is 0 Å².